The molecule has 3 heteroatoms. The van der Waals surface area contributed by atoms with E-state index in [1.54, 1.807) is 4.57 Å². The van der Waals surface area contributed by atoms with Gasteiger partial charge in [-0.25, -0.2) is 4.79 Å². The van der Waals surface area contributed by atoms with E-state index in [4.69, 9.17) is 0 Å². The van der Waals surface area contributed by atoms with Crippen molar-refractivity contribution in [2.75, 3.05) is 0 Å². The molecular formula is C11H14N2O. The molecule has 2 rings (SSSR count). The molecule has 1 aliphatic rings. The molecule has 0 bridgehead atoms. The molecule has 0 aliphatic heterocycles. The third-order valence-corrected chi connectivity index (χ3v) is 2.52. The van der Waals surface area contributed by atoms with Crippen LogP contribution in [0.4, 0.5) is 0 Å². The Morgan fingerprint density at radius 3 is 3.07 bits per heavy atom. The van der Waals surface area contributed by atoms with E-state index in [2.05, 4.69) is 11.1 Å². The molecule has 0 aromatic carbocycles. The van der Waals surface area contributed by atoms with Crippen LogP contribution in [0.3, 0.4) is 0 Å². The summed E-state index contributed by atoms with van der Waals surface area (Å²) in [5.74, 6) is 0. The molecule has 1 aliphatic carbocycles. The number of allylic oxidation sites excluding steroid dienone is 2. The monoisotopic (exact) mass is 190 g/mol. The molecule has 0 atom stereocenters. The fraction of sp³-hybridized carbons (Fsp3) is 0.455. The lowest BCUT2D eigenvalue weighted by Crippen LogP contribution is -2.23. The van der Waals surface area contributed by atoms with Crippen molar-refractivity contribution in [3.05, 3.63) is 40.1 Å². The van der Waals surface area contributed by atoms with Crippen LogP contribution in [0.5, 0.6) is 0 Å². The molecule has 0 spiro atoms. The molecule has 0 saturated carbocycles. The predicted octanol–water partition coefficient (Wildman–Crippen LogP) is 1.66. The molecule has 14 heavy (non-hydrogen) atoms. The number of aryl methyl sites for hydroxylation is 1. The van der Waals surface area contributed by atoms with Gasteiger partial charge < -0.3 is 0 Å². The first-order valence-electron chi connectivity index (χ1n) is 4.98. The van der Waals surface area contributed by atoms with Crippen molar-refractivity contribution < 1.29 is 0 Å². The van der Waals surface area contributed by atoms with Crippen molar-refractivity contribution in [2.45, 2.75) is 32.7 Å². The smallest absolute Gasteiger partial charge is 0.295 e. The number of hydrogen-bond acceptors (Lipinski definition) is 2. The molecule has 3 nitrogen and oxygen atoms in total. The van der Waals surface area contributed by atoms with E-state index >= 15 is 0 Å². The SMILES string of the molecule is Cc1ccn(CC2=CCCC2)c(=O)n1. The Morgan fingerprint density at radius 2 is 2.43 bits per heavy atom. The highest BCUT2D eigenvalue weighted by atomic mass is 16.1. The fourth-order valence-corrected chi connectivity index (χ4v) is 1.73. The summed E-state index contributed by atoms with van der Waals surface area (Å²) in [6, 6.07) is 1.87. The van der Waals surface area contributed by atoms with Crippen LogP contribution in [0.1, 0.15) is 25.0 Å². The van der Waals surface area contributed by atoms with Gasteiger partial charge in [0.15, 0.2) is 0 Å². The van der Waals surface area contributed by atoms with Crippen LogP contribution < -0.4 is 5.69 Å². The van der Waals surface area contributed by atoms with Gasteiger partial charge in [-0.3, -0.25) is 4.57 Å². The van der Waals surface area contributed by atoms with Crippen LogP contribution in [0.15, 0.2) is 28.7 Å². The lowest BCUT2D eigenvalue weighted by molar-refractivity contribution is 0.692. The van der Waals surface area contributed by atoms with E-state index in [9.17, 15) is 4.79 Å². The Balaban J connectivity index is 2.20. The third kappa shape index (κ3) is 1.92. The zero-order valence-electron chi connectivity index (χ0n) is 8.36. The lowest BCUT2D eigenvalue weighted by Gasteiger charge is -2.05. The van der Waals surface area contributed by atoms with Gasteiger partial charge in [-0.2, -0.15) is 4.98 Å². The van der Waals surface area contributed by atoms with E-state index in [1.165, 1.54) is 12.0 Å². The number of aromatic nitrogens is 2. The van der Waals surface area contributed by atoms with Gasteiger partial charge in [0.05, 0.1) is 0 Å². The normalized spacial score (nSPS) is 15.6. The van der Waals surface area contributed by atoms with Gasteiger partial charge >= 0.3 is 5.69 Å². The Kier molecular flexibility index (Phi) is 2.48. The van der Waals surface area contributed by atoms with Crippen LogP contribution >= 0.6 is 0 Å². The zero-order valence-corrected chi connectivity index (χ0v) is 8.36. The summed E-state index contributed by atoms with van der Waals surface area (Å²) < 4.78 is 1.67. The maximum atomic E-state index is 11.5. The highest BCUT2D eigenvalue weighted by molar-refractivity contribution is 5.08. The molecule has 0 saturated heterocycles. The summed E-state index contributed by atoms with van der Waals surface area (Å²) in [5, 5.41) is 0. The van der Waals surface area contributed by atoms with Gasteiger partial charge in [0, 0.05) is 18.4 Å². The van der Waals surface area contributed by atoms with Crippen molar-refractivity contribution in [2.24, 2.45) is 0 Å². The van der Waals surface area contributed by atoms with Crippen molar-refractivity contribution in [1.29, 1.82) is 0 Å². The molecule has 0 radical (unpaired) electrons. The molecule has 74 valence electrons. The van der Waals surface area contributed by atoms with Gasteiger partial charge in [0.2, 0.25) is 0 Å². The van der Waals surface area contributed by atoms with Crippen molar-refractivity contribution >= 4 is 0 Å². The average molecular weight is 190 g/mol. The Labute approximate surface area is 83.1 Å². The maximum Gasteiger partial charge on any atom is 0.348 e. The molecule has 0 amide bonds. The third-order valence-electron chi connectivity index (χ3n) is 2.52. The lowest BCUT2D eigenvalue weighted by atomic mass is 10.2. The van der Waals surface area contributed by atoms with Gasteiger partial charge in [-0.1, -0.05) is 11.6 Å². The topological polar surface area (TPSA) is 34.9 Å². The largest absolute Gasteiger partial charge is 0.348 e. The summed E-state index contributed by atoms with van der Waals surface area (Å²) in [5.41, 5.74) is 2.00. The van der Waals surface area contributed by atoms with E-state index < -0.39 is 0 Å². The quantitative estimate of drug-likeness (QED) is 0.665. The van der Waals surface area contributed by atoms with Crippen LogP contribution in [-0.2, 0) is 6.54 Å². The summed E-state index contributed by atoms with van der Waals surface area (Å²) in [6.07, 6.45) is 7.56. The van der Waals surface area contributed by atoms with E-state index in [1.807, 2.05) is 19.2 Å². The summed E-state index contributed by atoms with van der Waals surface area (Å²) in [6.45, 7) is 2.55. The highest BCUT2D eigenvalue weighted by Gasteiger charge is 2.06. The van der Waals surface area contributed by atoms with Crippen molar-refractivity contribution in [1.82, 2.24) is 9.55 Å². The fourth-order valence-electron chi connectivity index (χ4n) is 1.73. The molecule has 1 aromatic rings. The first-order valence-corrected chi connectivity index (χ1v) is 4.98. The first-order chi connectivity index (χ1) is 6.75. The minimum Gasteiger partial charge on any atom is -0.295 e. The van der Waals surface area contributed by atoms with E-state index in [0.29, 0.717) is 6.54 Å². The second-order valence-electron chi connectivity index (χ2n) is 3.73. The van der Waals surface area contributed by atoms with E-state index in [0.717, 1.165) is 18.5 Å². The van der Waals surface area contributed by atoms with Crippen LogP contribution in [0.2, 0.25) is 0 Å². The molecule has 0 N–H and O–H groups in total. The molecule has 1 aromatic heterocycles. The van der Waals surface area contributed by atoms with Crippen LogP contribution in [-0.4, -0.2) is 9.55 Å². The predicted molar refractivity (Wildman–Crippen MR) is 55.2 cm³/mol. The van der Waals surface area contributed by atoms with E-state index in [-0.39, 0.29) is 5.69 Å². The average Bonchev–Trinajstić information content (AvgIpc) is 2.62. The minimum atomic E-state index is -0.141. The van der Waals surface area contributed by atoms with Crippen LogP contribution in [0.25, 0.3) is 0 Å². The molecular weight excluding hydrogens is 176 g/mol. The maximum absolute atomic E-state index is 11.5. The number of nitrogens with zero attached hydrogens (tertiary/aromatic N) is 2. The van der Waals surface area contributed by atoms with Gasteiger partial charge in [-0.15, -0.1) is 0 Å². The van der Waals surface area contributed by atoms with Crippen molar-refractivity contribution in [3.63, 3.8) is 0 Å². The van der Waals surface area contributed by atoms with Gasteiger partial charge in [-0.05, 0) is 32.3 Å². The van der Waals surface area contributed by atoms with Gasteiger partial charge in [0.1, 0.15) is 0 Å². The Hall–Kier alpha value is -1.38. The summed E-state index contributed by atoms with van der Waals surface area (Å²) in [7, 11) is 0. The molecule has 0 unspecified atom stereocenters. The Bertz CT molecular complexity index is 418. The van der Waals surface area contributed by atoms with Crippen LogP contribution in [0, 0.1) is 6.92 Å². The summed E-state index contributed by atoms with van der Waals surface area (Å²) in [4.78, 5) is 15.3. The number of hydrogen-bond donors (Lipinski definition) is 0. The second-order valence-corrected chi connectivity index (χ2v) is 3.73. The minimum absolute atomic E-state index is 0.141. The Morgan fingerprint density at radius 1 is 1.57 bits per heavy atom. The van der Waals surface area contributed by atoms with Gasteiger partial charge in [0.25, 0.3) is 0 Å². The second kappa shape index (κ2) is 3.78. The molecule has 0 fully saturated rings. The number of rotatable bonds is 2. The zero-order chi connectivity index (χ0) is 9.97. The first kappa shape index (κ1) is 9.19. The van der Waals surface area contributed by atoms with Crippen molar-refractivity contribution in [3.8, 4) is 0 Å². The standard InChI is InChI=1S/C11H14N2O/c1-9-6-7-13(11(14)12-9)8-10-4-2-3-5-10/h4,6-7H,2-3,5,8H2,1H3. The summed E-state index contributed by atoms with van der Waals surface area (Å²) >= 11 is 0. The highest BCUT2D eigenvalue weighted by Crippen LogP contribution is 2.18. The molecule has 1 heterocycles.